The van der Waals surface area contributed by atoms with Crippen molar-refractivity contribution in [2.75, 3.05) is 19.6 Å². The molecule has 0 bridgehead atoms. The molecule has 1 saturated heterocycles. The second kappa shape index (κ2) is 10.1. The summed E-state index contributed by atoms with van der Waals surface area (Å²) in [5.74, 6) is 0. The second-order valence-electron chi connectivity index (χ2n) is 7.44. The van der Waals surface area contributed by atoms with Gasteiger partial charge in [-0.2, -0.15) is 0 Å². The molecule has 4 heteroatoms. The van der Waals surface area contributed by atoms with Crippen LogP contribution in [0.25, 0.3) is 0 Å². The van der Waals surface area contributed by atoms with Gasteiger partial charge in [-0.1, -0.05) is 39.0 Å². The van der Waals surface area contributed by atoms with Crippen molar-refractivity contribution in [1.82, 2.24) is 10.2 Å². The number of ether oxygens (including phenoxy) is 1. The highest BCUT2D eigenvalue weighted by molar-refractivity contribution is 5.69. The maximum atomic E-state index is 12.2. The number of nitrogens with zero attached hydrogens (tertiary/aromatic N) is 1. The van der Waals surface area contributed by atoms with E-state index in [2.05, 4.69) is 12.2 Å². The first kappa shape index (κ1) is 19.3. The van der Waals surface area contributed by atoms with E-state index in [1.165, 1.54) is 38.5 Å². The van der Waals surface area contributed by atoms with Gasteiger partial charge < -0.3 is 15.0 Å². The van der Waals surface area contributed by atoms with Gasteiger partial charge in [-0.05, 0) is 46.6 Å². The minimum atomic E-state index is -0.407. The molecule has 0 radical (unpaired) electrons. The molecule has 0 spiro atoms. The summed E-state index contributed by atoms with van der Waals surface area (Å²) in [5.41, 5.74) is -0.407. The molecule has 1 rings (SSSR count). The van der Waals surface area contributed by atoms with E-state index in [9.17, 15) is 4.79 Å². The molecular weight excluding hydrogens is 276 g/mol. The lowest BCUT2D eigenvalue weighted by atomic mass is 10.1. The highest BCUT2D eigenvalue weighted by Gasteiger charge is 2.31. The van der Waals surface area contributed by atoms with Crippen LogP contribution in [0, 0.1) is 0 Å². The van der Waals surface area contributed by atoms with Gasteiger partial charge in [0.1, 0.15) is 5.60 Å². The lowest BCUT2D eigenvalue weighted by molar-refractivity contribution is 0.0226. The minimum absolute atomic E-state index is 0.156. The van der Waals surface area contributed by atoms with Gasteiger partial charge in [0.15, 0.2) is 0 Å². The van der Waals surface area contributed by atoms with Crippen LogP contribution in [0.3, 0.4) is 0 Å². The van der Waals surface area contributed by atoms with Crippen LogP contribution in [-0.2, 0) is 4.74 Å². The topological polar surface area (TPSA) is 41.6 Å². The highest BCUT2D eigenvalue weighted by atomic mass is 16.6. The predicted molar refractivity (Wildman–Crippen MR) is 92.2 cm³/mol. The van der Waals surface area contributed by atoms with Gasteiger partial charge in [0.25, 0.3) is 0 Å². The third-order valence-electron chi connectivity index (χ3n) is 4.09. The zero-order valence-electron chi connectivity index (χ0n) is 15.1. The van der Waals surface area contributed by atoms with Crippen molar-refractivity contribution >= 4 is 6.09 Å². The molecule has 22 heavy (non-hydrogen) atoms. The SMILES string of the molecule is CCCCCCCCNCC1CCCN1C(=O)OC(C)(C)C. The fraction of sp³-hybridized carbons (Fsp3) is 0.944. The summed E-state index contributed by atoms with van der Waals surface area (Å²) in [6.07, 6.45) is 9.95. The van der Waals surface area contributed by atoms with E-state index < -0.39 is 5.60 Å². The Labute approximate surface area is 137 Å². The monoisotopic (exact) mass is 312 g/mol. The number of amides is 1. The Bertz CT molecular complexity index is 313. The van der Waals surface area contributed by atoms with E-state index in [1.54, 1.807) is 0 Å². The third kappa shape index (κ3) is 8.02. The van der Waals surface area contributed by atoms with E-state index in [0.717, 1.165) is 32.5 Å². The van der Waals surface area contributed by atoms with Crippen molar-refractivity contribution < 1.29 is 9.53 Å². The van der Waals surface area contributed by atoms with Crippen molar-refractivity contribution in [3.05, 3.63) is 0 Å². The van der Waals surface area contributed by atoms with E-state index >= 15 is 0 Å². The minimum Gasteiger partial charge on any atom is -0.444 e. The molecule has 1 atom stereocenters. The molecule has 0 aromatic heterocycles. The summed E-state index contributed by atoms with van der Waals surface area (Å²) in [7, 11) is 0. The molecule has 130 valence electrons. The predicted octanol–water partition coefficient (Wildman–Crippen LogP) is 4.34. The molecule has 1 heterocycles. The fourth-order valence-corrected chi connectivity index (χ4v) is 2.91. The average molecular weight is 312 g/mol. The van der Waals surface area contributed by atoms with Gasteiger partial charge in [-0.15, -0.1) is 0 Å². The molecule has 1 N–H and O–H groups in total. The van der Waals surface area contributed by atoms with Gasteiger partial charge in [0.2, 0.25) is 0 Å². The Morgan fingerprint density at radius 3 is 2.55 bits per heavy atom. The van der Waals surface area contributed by atoms with Crippen molar-refractivity contribution in [3.63, 3.8) is 0 Å². The van der Waals surface area contributed by atoms with Crippen LogP contribution in [0.2, 0.25) is 0 Å². The number of carbonyl (C=O) groups excluding carboxylic acids is 1. The molecule has 1 unspecified atom stereocenters. The molecule has 0 aromatic rings. The average Bonchev–Trinajstić information content (AvgIpc) is 2.88. The molecular formula is C18H36N2O2. The van der Waals surface area contributed by atoms with Crippen LogP contribution >= 0.6 is 0 Å². The maximum Gasteiger partial charge on any atom is 0.410 e. The van der Waals surface area contributed by atoms with Crippen molar-refractivity contribution in [2.45, 2.75) is 90.7 Å². The van der Waals surface area contributed by atoms with Crippen molar-refractivity contribution in [3.8, 4) is 0 Å². The first-order valence-electron chi connectivity index (χ1n) is 9.14. The summed E-state index contributed by atoms with van der Waals surface area (Å²) in [4.78, 5) is 14.1. The summed E-state index contributed by atoms with van der Waals surface area (Å²) >= 11 is 0. The summed E-state index contributed by atoms with van der Waals surface area (Å²) < 4.78 is 5.49. The third-order valence-corrected chi connectivity index (χ3v) is 4.09. The van der Waals surface area contributed by atoms with Gasteiger partial charge >= 0.3 is 6.09 Å². The van der Waals surface area contributed by atoms with Gasteiger partial charge in [0.05, 0.1) is 0 Å². The number of unbranched alkanes of at least 4 members (excludes halogenated alkanes) is 5. The Balaban J connectivity index is 2.15. The van der Waals surface area contributed by atoms with E-state index in [1.807, 2.05) is 25.7 Å². The molecule has 1 amide bonds. The number of rotatable bonds is 9. The molecule has 0 aliphatic carbocycles. The standard InChI is InChI=1S/C18H36N2O2/c1-5-6-7-8-9-10-13-19-15-16-12-11-14-20(16)17(21)22-18(2,3)4/h16,19H,5-15H2,1-4H3. The zero-order chi connectivity index (χ0) is 16.4. The maximum absolute atomic E-state index is 12.2. The lowest BCUT2D eigenvalue weighted by Gasteiger charge is -2.28. The van der Waals surface area contributed by atoms with Crippen molar-refractivity contribution in [2.24, 2.45) is 0 Å². The summed E-state index contributed by atoms with van der Waals surface area (Å²) in [5, 5.41) is 3.52. The zero-order valence-corrected chi connectivity index (χ0v) is 15.1. The van der Waals surface area contributed by atoms with Crippen LogP contribution in [0.15, 0.2) is 0 Å². The first-order valence-corrected chi connectivity index (χ1v) is 9.14. The smallest absolute Gasteiger partial charge is 0.410 e. The molecule has 0 aromatic carbocycles. The van der Waals surface area contributed by atoms with Gasteiger partial charge in [-0.25, -0.2) is 4.79 Å². The van der Waals surface area contributed by atoms with Crippen LogP contribution in [-0.4, -0.2) is 42.3 Å². The summed E-state index contributed by atoms with van der Waals surface area (Å²) in [6, 6.07) is 0.301. The van der Waals surface area contributed by atoms with Crippen molar-refractivity contribution in [1.29, 1.82) is 0 Å². The molecule has 1 aliphatic rings. The van der Waals surface area contributed by atoms with Crippen LogP contribution < -0.4 is 5.32 Å². The number of hydrogen-bond donors (Lipinski definition) is 1. The molecule has 1 fully saturated rings. The Kier molecular flexibility index (Phi) is 8.84. The van der Waals surface area contributed by atoms with Crippen LogP contribution in [0.1, 0.15) is 79.1 Å². The number of nitrogens with one attached hydrogen (secondary N) is 1. The number of hydrogen-bond acceptors (Lipinski definition) is 3. The first-order chi connectivity index (χ1) is 10.4. The largest absolute Gasteiger partial charge is 0.444 e. The quantitative estimate of drug-likeness (QED) is 0.644. The fourth-order valence-electron chi connectivity index (χ4n) is 2.91. The van der Waals surface area contributed by atoms with E-state index in [-0.39, 0.29) is 6.09 Å². The number of carbonyl (C=O) groups is 1. The van der Waals surface area contributed by atoms with E-state index in [4.69, 9.17) is 4.74 Å². The second-order valence-corrected chi connectivity index (χ2v) is 7.44. The highest BCUT2D eigenvalue weighted by Crippen LogP contribution is 2.20. The van der Waals surface area contributed by atoms with Crippen LogP contribution in [0.4, 0.5) is 4.79 Å². The van der Waals surface area contributed by atoms with E-state index in [0.29, 0.717) is 6.04 Å². The molecule has 0 saturated carbocycles. The number of likely N-dealkylation sites (tertiary alicyclic amines) is 1. The summed E-state index contributed by atoms with van der Waals surface area (Å²) in [6.45, 7) is 10.8. The van der Waals surface area contributed by atoms with Gasteiger partial charge in [-0.3, -0.25) is 0 Å². The lowest BCUT2D eigenvalue weighted by Crippen LogP contribution is -2.44. The molecule has 1 aliphatic heterocycles. The Hall–Kier alpha value is -0.770. The van der Waals surface area contributed by atoms with Gasteiger partial charge in [0, 0.05) is 19.1 Å². The molecule has 4 nitrogen and oxygen atoms in total. The Morgan fingerprint density at radius 2 is 1.86 bits per heavy atom. The normalized spacial score (nSPS) is 18.7. The Morgan fingerprint density at radius 1 is 1.18 bits per heavy atom. The van der Waals surface area contributed by atoms with Crippen LogP contribution in [0.5, 0.6) is 0 Å².